The Morgan fingerprint density at radius 3 is 2.64 bits per heavy atom. The molecule has 1 aliphatic heterocycles. The third-order valence-electron chi connectivity index (χ3n) is 4.56. The van der Waals surface area contributed by atoms with Crippen LogP contribution in [0.25, 0.3) is 0 Å². The van der Waals surface area contributed by atoms with Crippen LogP contribution < -0.4 is 10.2 Å². The Labute approximate surface area is 163 Å². The van der Waals surface area contributed by atoms with Crippen molar-refractivity contribution in [3.05, 3.63) is 54.7 Å². The smallest absolute Gasteiger partial charge is 0.244 e. The Morgan fingerprint density at radius 2 is 1.93 bits per heavy atom. The average Bonchev–Trinajstić information content (AvgIpc) is 3.21. The summed E-state index contributed by atoms with van der Waals surface area (Å²) in [6, 6.07) is 9.42. The maximum Gasteiger partial charge on any atom is 0.244 e. The van der Waals surface area contributed by atoms with E-state index in [1.165, 1.54) is 0 Å². The van der Waals surface area contributed by atoms with Crippen LogP contribution in [0.3, 0.4) is 0 Å². The van der Waals surface area contributed by atoms with Crippen LogP contribution in [0, 0.1) is 6.92 Å². The summed E-state index contributed by atoms with van der Waals surface area (Å²) in [5.41, 5.74) is 0. The second kappa shape index (κ2) is 8.03. The van der Waals surface area contributed by atoms with Crippen molar-refractivity contribution in [3.8, 4) is 0 Å². The van der Waals surface area contributed by atoms with E-state index in [9.17, 15) is 4.79 Å². The number of nitrogens with one attached hydrogen (secondary N) is 1. The number of aromatic nitrogens is 5. The van der Waals surface area contributed by atoms with Crippen molar-refractivity contribution >= 4 is 23.4 Å². The molecule has 0 aliphatic carbocycles. The minimum absolute atomic E-state index is 0.0831. The van der Waals surface area contributed by atoms with Crippen molar-refractivity contribution in [2.45, 2.75) is 13.5 Å². The summed E-state index contributed by atoms with van der Waals surface area (Å²) in [5.74, 6) is 3.07. The van der Waals surface area contributed by atoms with Gasteiger partial charge in [0.1, 0.15) is 29.8 Å². The number of anilines is 3. The highest BCUT2D eigenvalue weighted by Gasteiger charge is 2.22. The van der Waals surface area contributed by atoms with Crippen LogP contribution >= 0.6 is 0 Å². The molecule has 1 N–H and O–H groups in total. The molecule has 0 spiro atoms. The number of hydrogen-bond donors (Lipinski definition) is 1. The van der Waals surface area contributed by atoms with E-state index in [0.717, 1.165) is 24.7 Å². The van der Waals surface area contributed by atoms with E-state index >= 15 is 0 Å². The van der Waals surface area contributed by atoms with E-state index in [4.69, 9.17) is 0 Å². The molecule has 4 rings (SSSR count). The number of hydrogen-bond acceptors (Lipinski definition) is 7. The van der Waals surface area contributed by atoms with Crippen molar-refractivity contribution in [1.82, 2.24) is 29.6 Å². The number of aryl methyl sites for hydroxylation is 1. The highest BCUT2D eigenvalue weighted by atomic mass is 16.2. The monoisotopic (exact) mass is 378 g/mol. The Morgan fingerprint density at radius 1 is 1.07 bits per heavy atom. The second-order valence-corrected chi connectivity index (χ2v) is 6.57. The van der Waals surface area contributed by atoms with E-state index in [2.05, 4.69) is 30.3 Å². The summed E-state index contributed by atoms with van der Waals surface area (Å²) in [4.78, 5) is 29.8. The molecule has 1 saturated heterocycles. The molecule has 144 valence electrons. The SMILES string of the molecule is Cc1nc(Nc2ccccn2)cc(N2CCN(C(=O)Cn3cccn3)CC2)n1. The van der Waals surface area contributed by atoms with Crippen molar-refractivity contribution < 1.29 is 4.79 Å². The molecule has 0 radical (unpaired) electrons. The summed E-state index contributed by atoms with van der Waals surface area (Å²) in [6.45, 7) is 4.92. The maximum absolute atomic E-state index is 12.4. The maximum atomic E-state index is 12.4. The normalized spacial score (nSPS) is 14.2. The van der Waals surface area contributed by atoms with Gasteiger partial charge in [0.05, 0.1) is 0 Å². The van der Waals surface area contributed by atoms with E-state index in [-0.39, 0.29) is 12.5 Å². The molecule has 4 heterocycles. The third-order valence-corrected chi connectivity index (χ3v) is 4.56. The van der Waals surface area contributed by atoms with Crippen molar-refractivity contribution in [2.24, 2.45) is 0 Å². The first-order chi connectivity index (χ1) is 13.7. The third kappa shape index (κ3) is 4.25. The van der Waals surface area contributed by atoms with Gasteiger partial charge in [-0.2, -0.15) is 5.10 Å². The molecule has 1 aliphatic rings. The number of pyridine rings is 1. The fraction of sp³-hybridized carbons (Fsp3) is 0.316. The molecule has 3 aromatic heterocycles. The first-order valence-electron chi connectivity index (χ1n) is 9.21. The van der Waals surface area contributed by atoms with E-state index in [1.807, 2.05) is 42.2 Å². The fourth-order valence-electron chi connectivity index (χ4n) is 3.16. The number of piperazine rings is 1. The van der Waals surface area contributed by atoms with Gasteiger partial charge in [-0.3, -0.25) is 9.48 Å². The summed E-state index contributed by atoms with van der Waals surface area (Å²) >= 11 is 0. The van der Waals surface area contributed by atoms with Crippen LogP contribution in [0.1, 0.15) is 5.82 Å². The van der Waals surface area contributed by atoms with Gasteiger partial charge in [0, 0.05) is 50.8 Å². The topological polar surface area (TPSA) is 92.1 Å². The Hall–Kier alpha value is -3.49. The van der Waals surface area contributed by atoms with Gasteiger partial charge in [-0.15, -0.1) is 0 Å². The Balaban J connectivity index is 1.39. The Bertz CT molecular complexity index is 920. The van der Waals surface area contributed by atoms with E-state index in [1.54, 1.807) is 23.3 Å². The lowest BCUT2D eigenvalue weighted by molar-refractivity contribution is -0.132. The predicted octanol–water partition coefficient (Wildman–Crippen LogP) is 1.47. The molecule has 0 atom stereocenters. The van der Waals surface area contributed by atoms with Gasteiger partial charge in [0.2, 0.25) is 5.91 Å². The molecule has 1 fully saturated rings. The minimum atomic E-state index is 0.0831. The molecular weight excluding hydrogens is 356 g/mol. The van der Waals surface area contributed by atoms with Gasteiger partial charge in [0.25, 0.3) is 0 Å². The van der Waals surface area contributed by atoms with Crippen LogP contribution in [0.15, 0.2) is 48.9 Å². The quantitative estimate of drug-likeness (QED) is 0.719. The molecular formula is C19H22N8O. The van der Waals surface area contributed by atoms with Gasteiger partial charge < -0.3 is 15.1 Å². The highest BCUT2D eigenvalue weighted by Crippen LogP contribution is 2.20. The average molecular weight is 378 g/mol. The number of amides is 1. The van der Waals surface area contributed by atoms with Crippen LogP contribution in [0.2, 0.25) is 0 Å². The zero-order valence-electron chi connectivity index (χ0n) is 15.7. The molecule has 0 bridgehead atoms. The zero-order valence-corrected chi connectivity index (χ0v) is 15.7. The number of carbonyl (C=O) groups excluding carboxylic acids is 1. The van der Waals surface area contributed by atoms with Crippen LogP contribution in [0.4, 0.5) is 17.5 Å². The second-order valence-electron chi connectivity index (χ2n) is 6.57. The number of carbonyl (C=O) groups is 1. The molecule has 0 saturated carbocycles. The van der Waals surface area contributed by atoms with E-state index in [0.29, 0.717) is 24.7 Å². The molecule has 0 unspecified atom stereocenters. The van der Waals surface area contributed by atoms with Gasteiger partial charge >= 0.3 is 0 Å². The Kier molecular flexibility index (Phi) is 5.14. The van der Waals surface area contributed by atoms with E-state index < -0.39 is 0 Å². The minimum Gasteiger partial charge on any atom is -0.353 e. The lowest BCUT2D eigenvalue weighted by Gasteiger charge is -2.35. The first-order valence-corrected chi connectivity index (χ1v) is 9.21. The lowest BCUT2D eigenvalue weighted by atomic mass is 10.3. The van der Waals surface area contributed by atoms with Crippen molar-refractivity contribution in [3.63, 3.8) is 0 Å². The molecule has 9 nitrogen and oxygen atoms in total. The highest BCUT2D eigenvalue weighted by molar-refractivity contribution is 5.76. The molecule has 9 heteroatoms. The first kappa shape index (κ1) is 17.9. The van der Waals surface area contributed by atoms with Gasteiger partial charge in [0.15, 0.2) is 0 Å². The van der Waals surface area contributed by atoms with Crippen LogP contribution in [0.5, 0.6) is 0 Å². The molecule has 28 heavy (non-hydrogen) atoms. The summed E-state index contributed by atoms with van der Waals surface area (Å²) in [6.07, 6.45) is 5.21. The largest absolute Gasteiger partial charge is 0.353 e. The van der Waals surface area contributed by atoms with Crippen LogP contribution in [-0.4, -0.2) is 61.7 Å². The summed E-state index contributed by atoms with van der Waals surface area (Å²) < 4.78 is 1.65. The lowest BCUT2D eigenvalue weighted by Crippen LogP contribution is -2.50. The number of rotatable bonds is 5. The molecule has 0 aromatic carbocycles. The predicted molar refractivity (Wildman–Crippen MR) is 105 cm³/mol. The van der Waals surface area contributed by atoms with Gasteiger partial charge in [-0.25, -0.2) is 15.0 Å². The van der Waals surface area contributed by atoms with Gasteiger partial charge in [-0.1, -0.05) is 6.07 Å². The van der Waals surface area contributed by atoms with Crippen molar-refractivity contribution in [1.29, 1.82) is 0 Å². The van der Waals surface area contributed by atoms with Crippen molar-refractivity contribution in [2.75, 3.05) is 36.4 Å². The van der Waals surface area contributed by atoms with Crippen LogP contribution in [-0.2, 0) is 11.3 Å². The molecule has 1 amide bonds. The fourth-order valence-corrected chi connectivity index (χ4v) is 3.16. The summed E-state index contributed by atoms with van der Waals surface area (Å²) in [5, 5.41) is 7.31. The summed E-state index contributed by atoms with van der Waals surface area (Å²) in [7, 11) is 0. The van der Waals surface area contributed by atoms with Gasteiger partial charge in [-0.05, 0) is 25.1 Å². The zero-order chi connectivity index (χ0) is 19.3. The molecule has 3 aromatic rings. The standard InChI is InChI=1S/C19H22N8O/c1-15-22-17(24-16-5-2-3-6-20-16)13-18(23-15)25-9-11-26(12-10-25)19(28)14-27-8-4-7-21-27/h2-8,13H,9-12,14H2,1H3,(H,20,22,23,24). The number of nitrogens with zero attached hydrogens (tertiary/aromatic N) is 7.